The fraction of sp³-hybridized carbons (Fsp3) is 0. The average Bonchev–Trinajstić information content (AvgIpc) is 3.13. The van der Waals surface area contributed by atoms with E-state index in [0.29, 0.717) is 22.5 Å². The lowest BCUT2D eigenvalue weighted by atomic mass is 10.0. The maximum absolute atomic E-state index is 8.90. The minimum absolute atomic E-state index is 0.278. The highest BCUT2D eigenvalue weighted by Gasteiger charge is 2.14. The summed E-state index contributed by atoms with van der Waals surface area (Å²) in [5.74, 6) is 0.480. The van der Waals surface area contributed by atoms with Crippen molar-refractivity contribution < 1.29 is 4.42 Å². The number of furan rings is 1. The van der Waals surface area contributed by atoms with E-state index in [-0.39, 0.29) is 5.71 Å². The summed E-state index contributed by atoms with van der Waals surface area (Å²) in [4.78, 5) is 4.16. The highest BCUT2D eigenvalue weighted by Crippen LogP contribution is 2.33. The monoisotopic (exact) mass is 401 g/mol. The van der Waals surface area contributed by atoms with Gasteiger partial charge in [-0.2, -0.15) is 5.26 Å². The van der Waals surface area contributed by atoms with Crippen LogP contribution in [0.5, 0.6) is 0 Å². The van der Waals surface area contributed by atoms with Crippen LogP contribution < -0.4 is 0 Å². The van der Waals surface area contributed by atoms with Crippen molar-refractivity contribution in [1.29, 1.82) is 10.7 Å². The SMILES string of the molecule is N#Cc1ccc(C(=N)c2cc3cc(-c4cccnc4)cc(Br)c3o2)cc1. The van der Waals surface area contributed by atoms with Gasteiger partial charge in [-0.1, -0.05) is 18.2 Å². The molecule has 0 amide bonds. The van der Waals surface area contributed by atoms with Gasteiger partial charge in [-0.25, -0.2) is 0 Å². The zero-order chi connectivity index (χ0) is 18.1. The summed E-state index contributed by atoms with van der Waals surface area (Å²) in [6.07, 6.45) is 3.55. The second-order valence-electron chi connectivity index (χ2n) is 5.79. The molecule has 0 spiro atoms. The Hall–Kier alpha value is -3.23. The first-order chi connectivity index (χ1) is 12.7. The molecule has 124 valence electrons. The zero-order valence-corrected chi connectivity index (χ0v) is 15.1. The molecule has 2 aromatic heterocycles. The topological polar surface area (TPSA) is 73.7 Å². The number of nitrogens with one attached hydrogen (secondary N) is 1. The van der Waals surface area contributed by atoms with Crippen LogP contribution in [0, 0.1) is 16.7 Å². The van der Waals surface area contributed by atoms with Gasteiger partial charge in [0.15, 0.2) is 5.76 Å². The number of hydrogen-bond acceptors (Lipinski definition) is 4. The minimum Gasteiger partial charge on any atom is -0.453 e. The Morgan fingerprint density at radius 3 is 2.58 bits per heavy atom. The van der Waals surface area contributed by atoms with E-state index >= 15 is 0 Å². The van der Waals surface area contributed by atoms with Crippen LogP contribution in [-0.2, 0) is 0 Å². The smallest absolute Gasteiger partial charge is 0.153 e. The van der Waals surface area contributed by atoms with E-state index < -0.39 is 0 Å². The fourth-order valence-corrected chi connectivity index (χ4v) is 3.34. The molecule has 4 aromatic rings. The summed E-state index contributed by atoms with van der Waals surface area (Å²) in [7, 11) is 0. The zero-order valence-electron chi connectivity index (χ0n) is 13.5. The van der Waals surface area contributed by atoms with Crippen molar-refractivity contribution in [3.63, 3.8) is 0 Å². The predicted molar refractivity (Wildman–Crippen MR) is 104 cm³/mol. The average molecular weight is 402 g/mol. The molecule has 0 atom stereocenters. The van der Waals surface area contributed by atoms with Gasteiger partial charge >= 0.3 is 0 Å². The second-order valence-corrected chi connectivity index (χ2v) is 6.65. The molecule has 0 aliphatic heterocycles. The first-order valence-electron chi connectivity index (χ1n) is 7.88. The van der Waals surface area contributed by atoms with Gasteiger partial charge in [0.05, 0.1) is 16.1 Å². The number of aromatic nitrogens is 1. The maximum atomic E-state index is 8.90. The Morgan fingerprint density at radius 2 is 1.88 bits per heavy atom. The molecule has 2 heterocycles. The number of rotatable bonds is 3. The molecule has 0 saturated heterocycles. The van der Waals surface area contributed by atoms with E-state index in [1.165, 1.54) is 0 Å². The molecular formula is C21H12BrN3O. The number of nitriles is 1. The lowest BCUT2D eigenvalue weighted by Crippen LogP contribution is -1.99. The summed E-state index contributed by atoms with van der Waals surface area (Å²) in [6, 6.07) is 18.7. The van der Waals surface area contributed by atoms with E-state index in [9.17, 15) is 0 Å². The third kappa shape index (κ3) is 2.92. The van der Waals surface area contributed by atoms with Crippen molar-refractivity contribution >= 4 is 32.6 Å². The molecule has 0 fully saturated rings. The standard InChI is InChI=1S/C21H12BrN3O/c22-18-9-16(15-2-1-7-25-12-15)8-17-10-19(26-21(17)18)20(24)14-5-3-13(11-23)4-6-14/h1-10,12,24H. The third-order valence-corrected chi connectivity index (χ3v) is 4.70. The molecule has 0 radical (unpaired) electrons. The molecule has 26 heavy (non-hydrogen) atoms. The van der Waals surface area contributed by atoms with Crippen molar-refractivity contribution in [1.82, 2.24) is 4.98 Å². The molecule has 1 N–H and O–H groups in total. The van der Waals surface area contributed by atoms with Gasteiger partial charge < -0.3 is 4.42 Å². The number of benzene rings is 2. The summed E-state index contributed by atoms with van der Waals surface area (Å²) in [5.41, 5.74) is 4.28. The van der Waals surface area contributed by atoms with Crippen molar-refractivity contribution in [2.75, 3.05) is 0 Å². The highest BCUT2D eigenvalue weighted by atomic mass is 79.9. The van der Waals surface area contributed by atoms with Gasteiger partial charge in [0.1, 0.15) is 11.3 Å². The summed E-state index contributed by atoms with van der Waals surface area (Å²) >= 11 is 3.56. The molecular weight excluding hydrogens is 390 g/mol. The summed E-state index contributed by atoms with van der Waals surface area (Å²) < 4.78 is 6.74. The van der Waals surface area contributed by atoms with Crippen molar-refractivity contribution in [2.45, 2.75) is 0 Å². The normalized spacial score (nSPS) is 10.6. The molecule has 5 heteroatoms. The van der Waals surface area contributed by atoms with Crippen molar-refractivity contribution in [2.24, 2.45) is 0 Å². The van der Waals surface area contributed by atoms with E-state index in [1.807, 2.05) is 36.5 Å². The van der Waals surface area contributed by atoms with E-state index in [1.54, 1.807) is 30.5 Å². The second kappa shape index (κ2) is 6.58. The molecule has 0 saturated carbocycles. The Labute approximate surface area is 158 Å². The molecule has 0 aliphatic carbocycles. The molecule has 4 nitrogen and oxygen atoms in total. The molecule has 0 unspecified atom stereocenters. The molecule has 0 bridgehead atoms. The van der Waals surface area contributed by atoms with E-state index in [4.69, 9.17) is 15.1 Å². The van der Waals surface area contributed by atoms with Gasteiger partial charge in [-0.15, -0.1) is 0 Å². The Balaban J connectivity index is 1.76. The molecule has 4 rings (SSSR count). The Morgan fingerprint density at radius 1 is 1.08 bits per heavy atom. The van der Waals surface area contributed by atoms with Crippen LogP contribution in [0.25, 0.3) is 22.1 Å². The van der Waals surface area contributed by atoms with Gasteiger partial charge in [-0.3, -0.25) is 10.4 Å². The molecule has 0 aliphatic rings. The van der Waals surface area contributed by atoms with Crippen LogP contribution in [0.1, 0.15) is 16.9 Å². The fourth-order valence-electron chi connectivity index (χ4n) is 2.79. The van der Waals surface area contributed by atoms with Gasteiger partial charge in [0.2, 0.25) is 0 Å². The van der Waals surface area contributed by atoms with Crippen LogP contribution >= 0.6 is 15.9 Å². The quantitative estimate of drug-likeness (QED) is 0.457. The number of nitrogens with zero attached hydrogens (tertiary/aromatic N) is 2. The number of pyridine rings is 1. The predicted octanol–water partition coefficient (Wildman–Crippen LogP) is 5.55. The van der Waals surface area contributed by atoms with E-state index in [0.717, 1.165) is 21.0 Å². The van der Waals surface area contributed by atoms with Gasteiger partial charge in [0.25, 0.3) is 0 Å². The maximum Gasteiger partial charge on any atom is 0.153 e. The Bertz CT molecular complexity index is 1160. The van der Waals surface area contributed by atoms with Crippen LogP contribution in [0.2, 0.25) is 0 Å². The van der Waals surface area contributed by atoms with Crippen molar-refractivity contribution in [3.8, 4) is 17.2 Å². The van der Waals surface area contributed by atoms with Gasteiger partial charge in [0, 0.05) is 28.9 Å². The first-order valence-corrected chi connectivity index (χ1v) is 8.68. The minimum atomic E-state index is 0.278. The highest BCUT2D eigenvalue weighted by molar-refractivity contribution is 9.10. The lowest BCUT2D eigenvalue weighted by molar-refractivity contribution is 0.603. The van der Waals surface area contributed by atoms with Gasteiger partial charge in [-0.05, 0) is 57.9 Å². The first kappa shape index (κ1) is 16.2. The summed E-state index contributed by atoms with van der Waals surface area (Å²) in [5, 5.41) is 18.2. The van der Waals surface area contributed by atoms with Crippen LogP contribution in [0.15, 0.2) is 75.9 Å². The lowest BCUT2D eigenvalue weighted by Gasteiger charge is -2.02. The Kier molecular flexibility index (Phi) is 4.11. The number of halogens is 1. The van der Waals surface area contributed by atoms with Crippen LogP contribution in [0.4, 0.5) is 0 Å². The number of fused-ring (bicyclic) bond motifs is 1. The number of hydrogen-bond donors (Lipinski definition) is 1. The summed E-state index contributed by atoms with van der Waals surface area (Å²) in [6.45, 7) is 0. The van der Waals surface area contributed by atoms with E-state index in [2.05, 4.69) is 27.0 Å². The molecule has 2 aromatic carbocycles. The largest absolute Gasteiger partial charge is 0.453 e. The van der Waals surface area contributed by atoms with Crippen LogP contribution in [-0.4, -0.2) is 10.7 Å². The third-order valence-electron chi connectivity index (χ3n) is 4.11. The van der Waals surface area contributed by atoms with Crippen molar-refractivity contribution in [3.05, 3.63) is 88.4 Å². The van der Waals surface area contributed by atoms with Crippen LogP contribution in [0.3, 0.4) is 0 Å².